The number of hydrogen-bond donors (Lipinski definition) is 0. The first-order valence-electron chi connectivity index (χ1n) is 3.53. The summed E-state index contributed by atoms with van der Waals surface area (Å²) in [4.78, 5) is 3.62. The number of halogens is 4. The van der Waals surface area contributed by atoms with Gasteiger partial charge in [0.1, 0.15) is 11.8 Å². The van der Waals surface area contributed by atoms with E-state index in [0.29, 0.717) is 4.47 Å². The first-order chi connectivity index (χ1) is 6.60. The first-order valence-corrected chi connectivity index (χ1v) is 4.86. The molecular weight excluding hydrogens is 277 g/mol. The van der Waals surface area contributed by atoms with Crippen molar-refractivity contribution >= 4 is 27.5 Å². The molecule has 0 N–H and O–H groups in total. The van der Waals surface area contributed by atoms with Gasteiger partial charge in [-0.1, -0.05) is 0 Å². The normalized spacial score (nSPS) is 10.3. The van der Waals surface area contributed by atoms with E-state index in [1.807, 2.05) is 0 Å². The number of rotatable bonds is 2. The largest absolute Gasteiger partial charge is 0.280 e. The van der Waals surface area contributed by atoms with Gasteiger partial charge >= 0.3 is 0 Å². The molecule has 0 saturated carbocycles. The summed E-state index contributed by atoms with van der Waals surface area (Å²) in [5.74, 6) is -0.0180. The summed E-state index contributed by atoms with van der Waals surface area (Å²) in [5.41, 5.74) is -0.0626. The van der Waals surface area contributed by atoms with E-state index in [9.17, 15) is 8.78 Å². The Morgan fingerprint density at radius 3 is 2.71 bits per heavy atom. The maximum Gasteiger partial charge on any atom is 0.280 e. The highest BCUT2D eigenvalue weighted by Crippen LogP contribution is 2.26. The summed E-state index contributed by atoms with van der Waals surface area (Å²) in [7, 11) is 0. The molecule has 0 radical (unpaired) electrons. The van der Waals surface area contributed by atoms with Crippen molar-refractivity contribution in [3.05, 3.63) is 27.5 Å². The minimum atomic E-state index is -2.70. The predicted octanol–water partition coefficient (Wildman–Crippen LogP) is 3.39. The Bertz CT molecular complexity index is 390. The zero-order chi connectivity index (χ0) is 10.7. The van der Waals surface area contributed by atoms with Gasteiger partial charge in [0, 0.05) is 0 Å². The van der Waals surface area contributed by atoms with Crippen molar-refractivity contribution in [1.82, 2.24) is 4.98 Å². The number of aromatic nitrogens is 1. The van der Waals surface area contributed by atoms with Crippen LogP contribution in [0.4, 0.5) is 8.78 Å². The van der Waals surface area contributed by atoms with Crippen LogP contribution in [0.5, 0.6) is 0 Å². The zero-order valence-corrected chi connectivity index (χ0v) is 9.11. The molecule has 0 aliphatic carbocycles. The molecule has 0 aliphatic rings. The fourth-order valence-electron chi connectivity index (χ4n) is 0.886. The number of alkyl halides is 3. The average molecular weight is 281 g/mol. The van der Waals surface area contributed by atoms with E-state index in [1.54, 1.807) is 6.07 Å². The second-order valence-corrected chi connectivity index (χ2v) is 3.46. The lowest BCUT2D eigenvalue weighted by Crippen LogP contribution is -1.98. The van der Waals surface area contributed by atoms with E-state index >= 15 is 0 Å². The molecular formula is C8H4BrClF2N2. The van der Waals surface area contributed by atoms with Crippen LogP contribution in [0.3, 0.4) is 0 Å². The van der Waals surface area contributed by atoms with E-state index in [0.717, 1.165) is 6.07 Å². The smallest absolute Gasteiger partial charge is 0.249 e. The maximum absolute atomic E-state index is 12.3. The summed E-state index contributed by atoms with van der Waals surface area (Å²) in [6.07, 6.45) is -2.70. The summed E-state index contributed by atoms with van der Waals surface area (Å²) in [6, 6.07) is 2.83. The Balaban J connectivity index is 3.34. The highest BCUT2D eigenvalue weighted by Gasteiger charge is 2.15. The van der Waals surface area contributed by atoms with E-state index in [2.05, 4.69) is 20.9 Å². The van der Waals surface area contributed by atoms with E-state index in [-0.39, 0.29) is 17.1 Å². The number of pyridine rings is 1. The standard InChI is InChI=1S/C8H4BrClF2N2/c9-7-4(3-13)1-5(8(11)12)14-6(7)2-10/h1,8H,2H2. The van der Waals surface area contributed by atoms with Crippen molar-refractivity contribution in [3.63, 3.8) is 0 Å². The molecule has 2 nitrogen and oxygen atoms in total. The fraction of sp³-hybridized carbons (Fsp3) is 0.250. The van der Waals surface area contributed by atoms with Crippen LogP contribution in [0.2, 0.25) is 0 Å². The molecule has 0 fully saturated rings. The van der Waals surface area contributed by atoms with Gasteiger partial charge in [-0.05, 0) is 22.0 Å². The lowest BCUT2D eigenvalue weighted by Gasteiger charge is -2.05. The third kappa shape index (κ3) is 2.20. The molecule has 6 heteroatoms. The van der Waals surface area contributed by atoms with E-state index in [4.69, 9.17) is 16.9 Å². The van der Waals surface area contributed by atoms with Crippen LogP contribution < -0.4 is 0 Å². The van der Waals surface area contributed by atoms with Crippen molar-refractivity contribution < 1.29 is 8.78 Å². The van der Waals surface area contributed by atoms with Gasteiger partial charge in [0.15, 0.2) is 0 Å². The topological polar surface area (TPSA) is 36.7 Å². The van der Waals surface area contributed by atoms with E-state index in [1.165, 1.54) is 0 Å². The SMILES string of the molecule is N#Cc1cc(C(F)F)nc(CCl)c1Br. The first kappa shape index (κ1) is 11.3. The Hall–Kier alpha value is -0.730. The number of nitriles is 1. The summed E-state index contributed by atoms with van der Waals surface area (Å²) >= 11 is 8.56. The molecule has 74 valence electrons. The minimum absolute atomic E-state index is 0.0180. The Morgan fingerprint density at radius 2 is 2.29 bits per heavy atom. The van der Waals surface area contributed by atoms with Crippen LogP contribution in [0.15, 0.2) is 10.5 Å². The van der Waals surface area contributed by atoms with E-state index < -0.39 is 12.1 Å². The van der Waals surface area contributed by atoms with Crippen molar-refractivity contribution in [1.29, 1.82) is 5.26 Å². The van der Waals surface area contributed by atoms with Crippen LogP contribution in [0, 0.1) is 11.3 Å². The predicted molar refractivity (Wildman–Crippen MR) is 51.2 cm³/mol. The van der Waals surface area contributed by atoms with Gasteiger partial charge in [-0.3, -0.25) is 0 Å². The molecule has 0 saturated heterocycles. The van der Waals surface area contributed by atoms with Gasteiger partial charge < -0.3 is 0 Å². The maximum atomic E-state index is 12.3. The Labute approximate surface area is 92.6 Å². The quantitative estimate of drug-likeness (QED) is 0.779. The fourth-order valence-corrected chi connectivity index (χ4v) is 1.67. The van der Waals surface area contributed by atoms with Gasteiger partial charge in [-0.15, -0.1) is 11.6 Å². The van der Waals surface area contributed by atoms with Crippen LogP contribution in [0.25, 0.3) is 0 Å². The molecule has 0 amide bonds. The lowest BCUT2D eigenvalue weighted by atomic mass is 10.2. The second-order valence-electron chi connectivity index (χ2n) is 2.40. The zero-order valence-electron chi connectivity index (χ0n) is 6.77. The van der Waals surface area contributed by atoms with Gasteiger partial charge in [-0.25, -0.2) is 13.8 Å². The monoisotopic (exact) mass is 280 g/mol. The van der Waals surface area contributed by atoms with Crippen LogP contribution >= 0.6 is 27.5 Å². The third-order valence-corrected chi connectivity index (χ3v) is 2.65. The number of hydrogen-bond acceptors (Lipinski definition) is 2. The van der Waals surface area contributed by atoms with Gasteiger partial charge in [0.25, 0.3) is 6.43 Å². The molecule has 0 unspecified atom stereocenters. The molecule has 1 aromatic rings. The van der Waals surface area contributed by atoms with Crippen LogP contribution in [0.1, 0.15) is 23.4 Å². The van der Waals surface area contributed by atoms with Crippen LogP contribution in [-0.2, 0) is 5.88 Å². The van der Waals surface area contributed by atoms with Crippen molar-refractivity contribution in [3.8, 4) is 6.07 Å². The van der Waals surface area contributed by atoms with Crippen molar-refractivity contribution in [2.75, 3.05) is 0 Å². The summed E-state index contributed by atoms with van der Waals surface area (Å²) in [5, 5.41) is 8.65. The average Bonchev–Trinajstić information content (AvgIpc) is 2.17. The molecule has 0 aromatic carbocycles. The Kier molecular flexibility index (Phi) is 3.78. The van der Waals surface area contributed by atoms with Gasteiger partial charge in [-0.2, -0.15) is 5.26 Å². The van der Waals surface area contributed by atoms with Gasteiger partial charge in [0.05, 0.1) is 21.6 Å². The van der Waals surface area contributed by atoms with Crippen LogP contribution in [-0.4, -0.2) is 4.98 Å². The summed E-state index contributed by atoms with van der Waals surface area (Å²) < 4.78 is 25.0. The highest BCUT2D eigenvalue weighted by atomic mass is 79.9. The Morgan fingerprint density at radius 1 is 1.64 bits per heavy atom. The van der Waals surface area contributed by atoms with Crippen molar-refractivity contribution in [2.45, 2.75) is 12.3 Å². The number of nitrogens with zero attached hydrogens (tertiary/aromatic N) is 2. The molecule has 1 heterocycles. The molecule has 0 atom stereocenters. The molecule has 1 aromatic heterocycles. The molecule has 0 aliphatic heterocycles. The molecule has 0 spiro atoms. The lowest BCUT2D eigenvalue weighted by molar-refractivity contribution is 0.146. The minimum Gasteiger partial charge on any atom is -0.249 e. The molecule has 0 bridgehead atoms. The van der Waals surface area contributed by atoms with Crippen molar-refractivity contribution in [2.24, 2.45) is 0 Å². The second kappa shape index (κ2) is 4.67. The van der Waals surface area contributed by atoms with Gasteiger partial charge in [0.2, 0.25) is 0 Å². The molecule has 1 rings (SSSR count). The molecule has 14 heavy (non-hydrogen) atoms. The third-order valence-electron chi connectivity index (χ3n) is 1.52. The summed E-state index contributed by atoms with van der Waals surface area (Å²) in [6.45, 7) is 0. The highest BCUT2D eigenvalue weighted by molar-refractivity contribution is 9.10.